The molecule has 1 aliphatic rings. The quantitative estimate of drug-likeness (QED) is 0.468. The lowest BCUT2D eigenvalue weighted by atomic mass is 10.1. The molecular weight excluding hydrogens is 458 g/mol. The molecule has 3 heterocycles. The highest BCUT2D eigenvalue weighted by Gasteiger charge is 2.24. The van der Waals surface area contributed by atoms with E-state index in [9.17, 15) is 9.18 Å². The van der Waals surface area contributed by atoms with E-state index in [0.29, 0.717) is 42.9 Å². The summed E-state index contributed by atoms with van der Waals surface area (Å²) in [4.78, 5) is 23.6. The fourth-order valence-electron chi connectivity index (χ4n) is 4.21. The molecule has 5 rings (SSSR count). The summed E-state index contributed by atoms with van der Waals surface area (Å²) in [5, 5.41) is 7.55. The van der Waals surface area contributed by atoms with Crippen LogP contribution in [0.4, 0.5) is 20.2 Å². The summed E-state index contributed by atoms with van der Waals surface area (Å²) in [5.41, 5.74) is 1.29. The van der Waals surface area contributed by atoms with Gasteiger partial charge < -0.3 is 19.7 Å². The number of morpholine rings is 1. The molecule has 0 radical (unpaired) electrons. The second kappa shape index (κ2) is 9.26. The summed E-state index contributed by atoms with van der Waals surface area (Å²) in [5.74, 6) is -1.47. The van der Waals surface area contributed by atoms with Crippen LogP contribution < -0.4 is 15.0 Å². The number of halogens is 2. The van der Waals surface area contributed by atoms with Crippen LogP contribution in [-0.4, -0.2) is 59.1 Å². The molecule has 0 bridgehead atoms. The largest absolute Gasteiger partial charge is 0.496 e. The van der Waals surface area contributed by atoms with Crippen LogP contribution in [0.2, 0.25) is 0 Å². The van der Waals surface area contributed by atoms with E-state index in [1.807, 2.05) is 4.90 Å². The number of hydrogen-bond donors (Lipinski definition) is 1. The zero-order valence-electron chi connectivity index (χ0n) is 19.1. The predicted molar refractivity (Wildman–Crippen MR) is 126 cm³/mol. The Morgan fingerprint density at radius 2 is 1.97 bits per heavy atom. The van der Waals surface area contributed by atoms with Crippen LogP contribution in [0.3, 0.4) is 0 Å². The van der Waals surface area contributed by atoms with Gasteiger partial charge in [0.15, 0.2) is 11.6 Å². The molecule has 0 atom stereocenters. The molecule has 0 aliphatic carbocycles. The Kier molecular flexibility index (Phi) is 6.00. The van der Waals surface area contributed by atoms with E-state index >= 15 is 4.39 Å². The van der Waals surface area contributed by atoms with E-state index < -0.39 is 17.5 Å². The smallest absolute Gasteiger partial charge is 0.274 e. The Hall–Kier alpha value is -4.12. The molecule has 2 aromatic carbocycles. The highest BCUT2D eigenvalue weighted by molar-refractivity contribution is 6.09. The Bertz CT molecular complexity index is 1420. The lowest BCUT2D eigenvalue weighted by Crippen LogP contribution is -2.37. The summed E-state index contributed by atoms with van der Waals surface area (Å²) in [6.07, 6.45) is 2.93. The van der Waals surface area contributed by atoms with Gasteiger partial charge in [-0.25, -0.2) is 18.7 Å². The van der Waals surface area contributed by atoms with Gasteiger partial charge in [-0.05, 0) is 18.2 Å². The molecular formula is C24H22F2N6O3. The maximum atomic E-state index is 15.0. The van der Waals surface area contributed by atoms with Gasteiger partial charge in [-0.15, -0.1) is 0 Å². The maximum Gasteiger partial charge on any atom is 0.274 e. The second-order valence-electron chi connectivity index (χ2n) is 7.92. The summed E-state index contributed by atoms with van der Waals surface area (Å²) >= 11 is 0. The van der Waals surface area contributed by atoms with E-state index in [1.54, 1.807) is 19.3 Å². The van der Waals surface area contributed by atoms with Crippen molar-refractivity contribution in [1.29, 1.82) is 0 Å². The second-order valence-corrected chi connectivity index (χ2v) is 7.92. The van der Waals surface area contributed by atoms with Crippen LogP contribution in [0.5, 0.6) is 5.75 Å². The molecule has 1 aliphatic heterocycles. The topological polar surface area (TPSA) is 94.4 Å². The average Bonchev–Trinajstić information content (AvgIpc) is 3.26. The van der Waals surface area contributed by atoms with Crippen LogP contribution in [0.1, 0.15) is 10.5 Å². The van der Waals surface area contributed by atoms with Crippen molar-refractivity contribution in [2.24, 2.45) is 7.05 Å². The van der Waals surface area contributed by atoms with E-state index in [1.165, 1.54) is 42.3 Å². The number of nitrogens with one attached hydrogen (secondary N) is 1. The minimum atomic E-state index is -0.596. The summed E-state index contributed by atoms with van der Waals surface area (Å²) in [6.45, 7) is 2.16. The maximum absolute atomic E-state index is 15.0. The van der Waals surface area contributed by atoms with Gasteiger partial charge in [0.2, 0.25) is 0 Å². The van der Waals surface area contributed by atoms with Crippen molar-refractivity contribution in [2.45, 2.75) is 0 Å². The van der Waals surface area contributed by atoms with Crippen LogP contribution in [0, 0.1) is 11.6 Å². The highest BCUT2D eigenvalue weighted by atomic mass is 19.1. The predicted octanol–water partition coefficient (Wildman–Crippen LogP) is 3.41. The summed E-state index contributed by atoms with van der Waals surface area (Å²) in [7, 11) is 3.07. The number of ether oxygens (including phenoxy) is 2. The van der Waals surface area contributed by atoms with Crippen LogP contribution >= 0.6 is 0 Å². The third kappa shape index (κ3) is 4.14. The Balaban J connectivity index is 1.54. The number of carbonyl (C=O) groups is 1. The average molecular weight is 480 g/mol. The van der Waals surface area contributed by atoms with Gasteiger partial charge in [-0.3, -0.25) is 9.48 Å². The van der Waals surface area contributed by atoms with Crippen LogP contribution in [0.25, 0.3) is 22.3 Å². The SMILES string of the molecule is COc1cccc(F)c1-c1nccc(C(=O)Nc2cc(F)c3c(cnn3C)c2N2CCOCC2)n1. The van der Waals surface area contributed by atoms with Crippen molar-refractivity contribution >= 4 is 28.2 Å². The molecule has 4 aromatic rings. The van der Waals surface area contributed by atoms with E-state index in [-0.39, 0.29) is 28.5 Å². The number of hydrogen-bond acceptors (Lipinski definition) is 7. The summed E-state index contributed by atoms with van der Waals surface area (Å²) < 4.78 is 41.7. The first-order valence-corrected chi connectivity index (χ1v) is 10.9. The first-order chi connectivity index (χ1) is 17.0. The number of rotatable bonds is 5. The lowest BCUT2D eigenvalue weighted by molar-refractivity contribution is 0.102. The summed E-state index contributed by atoms with van der Waals surface area (Å²) in [6, 6.07) is 7.02. The van der Waals surface area contributed by atoms with Gasteiger partial charge >= 0.3 is 0 Å². The number of benzene rings is 2. The molecule has 1 fully saturated rings. The third-order valence-corrected chi connectivity index (χ3v) is 5.83. The number of carbonyl (C=O) groups excluding carboxylic acids is 1. The van der Waals surface area contributed by atoms with Crippen molar-refractivity contribution < 1.29 is 23.0 Å². The number of methoxy groups -OCH3 is 1. The van der Waals surface area contributed by atoms with Gasteiger partial charge in [-0.2, -0.15) is 5.10 Å². The van der Waals surface area contributed by atoms with Gasteiger partial charge in [0.1, 0.15) is 22.8 Å². The Morgan fingerprint density at radius 3 is 2.74 bits per heavy atom. The van der Waals surface area contributed by atoms with Crippen molar-refractivity contribution in [3.8, 4) is 17.1 Å². The lowest BCUT2D eigenvalue weighted by Gasteiger charge is -2.31. The van der Waals surface area contributed by atoms with Crippen molar-refractivity contribution in [2.75, 3.05) is 43.6 Å². The molecule has 1 saturated heterocycles. The first-order valence-electron chi connectivity index (χ1n) is 10.9. The van der Waals surface area contributed by atoms with Crippen molar-refractivity contribution in [3.63, 3.8) is 0 Å². The zero-order valence-corrected chi connectivity index (χ0v) is 19.1. The number of nitrogens with zero attached hydrogens (tertiary/aromatic N) is 5. The van der Waals surface area contributed by atoms with Crippen LogP contribution in [0.15, 0.2) is 42.7 Å². The van der Waals surface area contributed by atoms with E-state index in [4.69, 9.17) is 9.47 Å². The molecule has 2 aromatic heterocycles. The van der Waals surface area contributed by atoms with Crippen LogP contribution in [-0.2, 0) is 11.8 Å². The zero-order chi connectivity index (χ0) is 24.5. The fourth-order valence-corrected chi connectivity index (χ4v) is 4.21. The normalized spacial score (nSPS) is 13.8. The fraction of sp³-hybridized carbons (Fsp3) is 0.250. The number of fused-ring (bicyclic) bond motifs is 1. The standard InChI is InChI=1S/C24H22F2N6O3/c1-31-21-14(13-28-31)22(32-8-10-35-11-9-32)18(12-16(21)26)30-24(33)17-6-7-27-23(29-17)20-15(25)4-3-5-19(20)34-2/h3-7,12-13H,8-11H2,1-2H3,(H,30,33). The Labute approximate surface area is 199 Å². The van der Waals surface area contributed by atoms with Gasteiger partial charge in [0, 0.05) is 37.8 Å². The highest BCUT2D eigenvalue weighted by Crippen LogP contribution is 2.37. The molecule has 1 amide bonds. The Morgan fingerprint density at radius 1 is 1.17 bits per heavy atom. The van der Waals surface area contributed by atoms with Crippen molar-refractivity contribution in [1.82, 2.24) is 19.7 Å². The van der Waals surface area contributed by atoms with E-state index in [2.05, 4.69) is 20.4 Å². The molecule has 11 heteroatoms. The monoisotopic (exact) mass is 480 g/mol. The molecule has 9 nitrogen and oxygen atoms in total. The number of aryl methyl sites for hydroxylation is 1. The van der Waals surface area contributed by atoms with Crippen molar-refractivity contribution in [3.05, 3.63) is 60.1 Å². The van der Waals surface area contributed by atoms with Gasteiger partial charge in [-0.1, -0.05) is 6.07 Å². The number of anilines is 2. The molecule has 1 N–H and O–H groups in total. The molecule has 0 saturated carbocycles. The molecule has 0 unspecified atom stereocenters. The molecule has 35 heavy (non-hydrogen) atoms. The van der Waals surface area contributed by atoms with E-state index in [0.717, 1.165) is 0 Å². The third-order valence-electron chi connectivity index (χ3n) is 5.83. The minimum Gasteiger partial charge on any atom is -0.496 e. The molecule has 180 valence electrons. The minimum absolute atomic E-state index is 0.00473. The first kappa shape index (κ1) is 22.7. The van der Waals surface area contributed by atoms with Gasteiger partial charge in [0.05, 0.1) is 43.5 Å². The van der Waals surface area contributed by atoms with Gasteiger partial charge in [0.25, 0.3) is 5.91 Å². The number of aromatic nitrogens is 4. The molecule has 0 spiro atoms. The number of amides is 1.